The minimum Gasteiger partial charge on any atom is -0.107 e. The van der Waals surface area contributed by atoms with Gasteiger partial charge in [0.05, 0.1) is 0 Å². The van der Waals surface area contributed by atoms with Gasteiger partial charge in [-0.3, -0.25) is 0 Å². The Hall–Kier alpha value is 0.0800. The highest BCUT2D eigenvalue weighted by Crippen LogP contribution is 2.56. The van der Waals surface area contributed by atoms with E-state index < -0.39 is 0 Å². The van der Waals surface area contributed by atoms with Crippen LogP contribution >= 0.6 is 17.2 Å². The summed E-state index contributed by atoms with van der Waals surface area (Å²) in [6.07, 6.45) is 15.0. The van der Waals surface area contributed by atoms with Gasteiger partial charge in [-0.05, 0) is 42.6 Å². The molecule has 2 aliphatic carbocycles. The Morgan fingerprint density at radius 2 is 1.14 bits per heavy atom. The lowest BCUT2D eigenvalue weighted by Crippen LogP contribution is -2.11. The van der Waals surface area contributed by atoms with Crippen LogP contribution in [-0.4, -0.2) is 11.3 Å². The first kappa shape index (κ1) is 16.0. The number of benzene rings is 1. The fraction of sp³-hybridized carbons (Fsp3) is 0.684. The Morgan fingerprint density at radius 1 is 0.667 bits per heavy atom. The lowest BCUT2D eigenvalue weighted by Gasteiger charge is -2.31. The molecule has 2 unspecified atom stereocenters. The summed E-state index contributed by atoms with van der Waals surface area (Å²) in [6.45, 7) is 0. The van der Waals surface area contributed by atoms with E-state index in [1.165, 1.54) is 81.4 Å². The van der Waals surface area contributed by atoms with Crippen LogP contribution in [0.3, 0.4) is 0 Å². The van der Waals surface area contributed by atoms with Crippen LogP contribution in [0.1, 0.15) is 75.2 Å². The van der Waals surface area contributed by atoms with Gasteiger partial charge in [-0.15, -0.1) is 17.2 Å². The topological polar surface area (TPSA) is 0 Å². The smallest absolute Gasteiger partial charge is 0.0190 e. The van der Waals surface area contributed by atoms with Gasteiger partial charge in [0.2, 0.25) is 0 Å². The predicted octanol–water partition coefficient (Wildman–Crippen LogP) is 6.71. The molecule has 2 fully saturated rings. The van der Waals surface area contributed by atoms with Crippen molar-refractivity contribution in [2.24, 2.45) is 0 Å². The molecular weight excluding hydrogens is 290 g/mol. The minimum atomic E-state index is 0.886. The highest BCUT2D eigenvalue weighted by atomic mass is 31.1. The quantitative estimate of drug-likeness (QED) is 0.529. The highest BCUT2D eigenvalue weighted by molar-refractivity contribution is 7.57. The highest BCUT2D eigenvalue weighted by Gasteiger charge is 2.24. The molecule has 0 nitrogen and oxygen atoms in total. The molecule has 21 heavy (non-hydrogen) atoms. The van der Waals surface area contributed by atoms with Crippen LogP contribution in [0.5, 0.6) is 0 Å². The summed E-state index contributed by atoms with van der Waals surface area (Å²) in [5, 5.41) is 0.886. The molecule has 0 aromatic heterocycles. The summed E-state index contributed by atoms with van der Waals surface area (Å²) in [5.74, 6) is 0. The Balaban J connectivity index is 1.64. The summed E-state index contributed by atoms with van der Waals surface area (Å²) >= 11 is 0. The third kappa shape index (κ3) is 5.04. The van der Waals surface area contributed by atoms with Gasteiger partial charge in [-0.25, -0.2) is 0 Å². The van der Waals surface area contributed by atoms with Crippen LogP contribution in [0.4, 0.5) is 0 Å². The zero-order valence-electron chi connectivity index (χ0n) is 13.2. The van der Waals surface area contributed by atoms with Gasteiger partial charge in [0.25, 0.3) is 0 Å². The van der Waals surface area contributed by atoms with Gasteiger partial charge in [-0.1, -0.05) is 68.9 Å². The van der Waals surface area contributed by atoms with E-state index in [9.17, 15) is 0 Å². The maximum absolute atomic E-state index is 2.40. The van der Waals surface area contributed by atoms with E-state index in [0.717, 1.165) is 16.7 Å². The van der Waals surface area contributed by atoms with E-state index in [1.54, 1.807) is 5.56 Å². The van der Waals surface area contributed by atoms with Crippen molar-refractivity contribution in [3.8, 4) is 0 Å². The molecule has 3 rings (SSSR count). The second kappa shape index (κ2) is 8.64. The van der Waals surface area contributed by atoms with E-state index in [1.807, 2.05) is 0 Å². The van der Waals surface area contributed by atoms with Crippen LogP contribution < -0.4 is 0 Å². The number of rotatable bonds is 5. The Morgan fingerprint density at radius 3 is 1.62 bits per heavy atom. The van der Waals surface area contributed by atoms with E-state index in [2.05, 4.69) is 30.3 Å². The van der Waals surface area contributed by atoms with E-state index in [-0.39, 0.29) is 0 Å². The molecule has 2 aliphatic rings. The summed E-state index contributed by atoms with van der Waals surface area (Å²) in [5.41, 5.74) is 3.73. The van der Waals surface area contributed by atoms with Crippen molar-refractivity contribution in [2.75, 3.05) is 0 Å². The van der Waals surface area contributed by atoms with Crippen LogP contribution in [0.25, 0.3) is 0 Å². The monoisotopic (exact) mass is 320 g/mol. The first-order valence-electron chi connectivity index (χ1n) is 8.99. The first-order valence-corrected chi connectivity index (χ1v) is 11.3. The van der Waals surface area contributed by atoms with Crippen molar-refractivity contribution in [1.82, 2.24) is 0 Å². The molecule has 1 aromatic rings. The van der Waals surface area contributed by atoms with Crippen molar-refractivity contribution in [2.45, 2.75) is 80.9 Å². The van der Waals surface area contributed by atoms with Gasteiger partial charge in [0.15, 0.2) is 0 Å². The van der Waals surface area contributed by atoms with Crippen LogP contribution in [0, 0.1) is 0 Å². The summed E-state index contributed by atoms with van der Waals surface area (Å²) < 4.78 is 0. The fourth-order valence-corrected chi connectivity index (χ4v) is 8.89. The van der Waals surface area contributed by atoms with Crippen molar-refractivity contribution < 1.29 is 0 Å². The van der Waals surface area contributed by atoms with Gasteiger partial charge in [0, 0.05) is 5.40 Å². The molecule has 0 N–H and O–H groups in total. The molecule has 0 heterocycles. The maximum atomic E-state index is 2.40. The second-order valence-electron chi connectivity index (χ2n) is 6.85. The molecule has 1 aromatic carbocycles. The summed E-state index contributed by atoms with van der Waals surface area (Å²) in [6, 6.07) is 11.5. The van der Waals surface area contributed by atoms with Crippen molar-refractivity contribution in [3.05, 3.63) is 35.9 Å². The van der Waals surface area contributed by atoms with Crippen molar-refractivity contribution in [3.63, 3.8) is 0 Å². The number of hydrogen-bond acceptors (Lipinski definition) is 0. The SMILES string of the molecule is c1ccc(C(PC2CCCCC2)PC2CCCCC2)cc1. The van der Waals surface area contributed by atoms with Crippen LogP contribution in [0.2, 0.25) is 0 Å². The van der Waals surface area contributed by atoms with Crippen LogP contribution in [0.15, 0.2) is 30.3 Å². The zero-order chi connectivity index (χ0) is 14.3. The molecule has 0 amide bonds. The summed E-state index contributed by atoms with van der Waals surface area (Å²) in [4.78, 5) is 0. The van der Waals surface area contributed by atoms with Crippen LogP contribution in [-0.2, 0) is 0 Å². The van der Waals surface area contributed by atoms with Gasteiger partial charge < -0.3 is 0 Å². The fourth-order valence-electron chi connectivity index (χ4n) is 3.90. The van der Waals surface area contributed by atoms with E-state index in [0.29, 0.717) is 0 Å². The molecule has 0 aliphatic heterocycles. The van der Waals surface area contributed by atoms with Crippen molar-refractivity contribution >= 4 is 17.2 Å². The van der Waals surface area contributed by atoms with Gasteiger partial charge in [-0.2, -0.15) is 0 Å². The molecular formula is C19H30P2. The summed E-state index contributed by atoms with van der Waals surface area (Å²) in [7, 11) is 2.37. The molecule has 2 saturated carbocycles. The normalized spacial score (nSPS) is 24.2. The predicted molar refractivity (Wildman–Crippen MR) is 99.6 cm³/mol. The number of hydrogen-bond donors (Lipinski definition) is 0. The molecule has 0 radical (unpaired) electrons. The lowest BCUT2D eigenvalue weighted by molar-refractivity contribution is 0.510. The van der Waals surface area contributed by atoms with Crippen molar-refractivity contribution in [1.29, 1.82) is 0 Å². The second-order valence-corrected chi connectivity index (χ2v) is 10.9. The maximum Gasteiger partial charge on any atom is 0.0190 e. The van der Waals surface area contributed by atoms with Gasteiger partial charge >= 0.3 is 0 Å². The largest absolute Gasteiger partial charge is 0.107 e. The minimum absolute atomic E-state index is 0.886. The molecule has 116 valence electrons. The zero-order valence-corrected chi connectivity index (χ0v) is 15.2. The molecule has 2 heteroatoms. The molecule has 2 atom stereocenters. The lowest BCUT2D eigenvalue weighted by atomic mass is 10.0. The molecule has 0 bridgehead atoms. The Labute approximate surface area is 134 Å². The third-order valence-corrected chi connectivity index (χ3v) is 9.58. The van der Waals surface area contributed by atoms with E-state index in [4.69, 9.17) is 0 Å². The Kier molecular flexibility index (Phi) is 6.57. The average Bonchev–Trinajstić information content (AvgIpc) is 2.57. The average molecular weight is 320 g/mol. The molecule has 0 spiro atoms. The van der Waals surface area contributed by atoms with E-state index >= 15 is 0 Å². The molecule has 0 saturated heterocycles. The van der Waals surface area contributed by atoms with Gasteiger partial charge in [0.1, 0.15) is 0 Å². The first-order chi connectivity index (χ1) is 10.4. The standard InChI is InChI=1S/C19H30P2/c1-4-10-16(11-5-1)19(20-17-12-6-2-7-13-17)21-18-14-8-3-9-15-18/h1,4-5,10-11,17-21H,2-3,6-9,12-15H2. The Bertz CT molecular complexity index is 371. The third-order valence-electron chi connectivity index (χ3n) is 5.15.